The normalized spacial score (nSPS) is 19.6. The molecule has 1 N–H and O–H groups in total. The summed E-state index contributed by atoms with van der Waals surface area (Å²) >= 11 is 13.1. The minimum absolute atomic E-state index is 0.0640. The lowest BCUT2D eigenvalue weighted by atomic mass is 10.2. The van der Waals surface area contributed by atoms with Crippen molar-refractivity contribution in [3.05, 3.63) is 46.4 Å². The van der Waals surface area contributed by atoms with E-state index in [1.54, 1.807) is 43.4 Å². The number of amides is 2. The number of ether oxygens (including phenoxy) is 2. The van der Waals surface area contributed by atoms with E-state index in [4.69, 9.17) is 32.7 Å². The monoisotopic (exact) mass is 451 g/mol. The van der Waals surface area contributed by atoms with E-state index in [0.717, 1.165) is 0 Å². The van der Waals surface area contributed by atoms with Gasteiger partial charge in [-0.3, -0.25) is 14.5 Å². The Morgan fingerprint density at radius 3 is 2.76 bits per heavy atom. The fourth-order valence-electron chi connectivity index (χ4n) is 2.76. The molecule has 1 unspecified atom stereocenters. The molecule has 2 amide bonds. The summed E-state index contributed by atoms with van der Waals surface area (Å²) in [6.07, 6.45) is 0.0640. The van der Waals surface area contributed by atoms with Gasteiger partial charge in [-0.2, -0.15) is 0 Å². The van der Waals surface area contributed by atoms with E-state index >= 15 is 0 Å². The molecule has 1 saturated heterocycles. The number of benzene rings is 2. The highest BCUT2D eigenvalue weighted by atomic mass is 35.5. The molecule has 1 fully saturated rings. The van der Waals surface area contributed by atoms with Crippen LogP contribution in [0.15, 0.2) is 41.4 Å². The number of thioether (sulfide) groups is 1. The van der Waals surface area contributed by atoms with Gasteiger partial charge >= 0.3 is 0 Å². The lowest BCUT2D eigenvalue weighted by Crippen LogP contribution is -2.43. The van der Waals surface area contributed by atoms with Gasteiger partial charge in [0.1, 0.15) is 5.25 Å². The minimum Gasteiger partial charge on any atom is -0.454 e. The summed E-state index contributed by atoms with van der Waals surface area (Å²) in [5.74, 6) is 0.731. The molecule has 0 spiro atoms. The molecule has 0 aliphatic carbocycles. The number of carbonyl (C=O) groups excluding carboxylic acids is 2. The van der Waals surface area contributed by atoms with Crippen molar-refractivity contribution in [3.8, 4) is 11.5 Å². The molecule has 0 radical (unpaired) electrons. The predicted octanol–water partition coefficient (Wildman–Crippen LogP) is 4.31. The Morgan fingerprint density at radius 2 is 1.97 bits per heavy atom. The first kappa shape index (κ1) is 19.9. The number of aliphatic imine (C=N–C) groups is 1. The van der Waals surface area contributed by atoms with E-state index in [9.17, 15) is 9.59 Å². The molecule has 2 aliphatic heterocycles. The Labute approximate surface area is 181 Å². The zero-order valence-corrected chi connectivity index (χ0v) is 17.5. The van der Waals surface area contributed by atoms with E-state index < -0.39 is 5.25 Å². The largest absolute Gasteiger partial charge is 0.454 e. The fourth-order valence-corrected chi connectivity index (χ4v) is 4.12. The van der Waals surface area contributed by atoms with Crippen LogP contribution in [-0.2, 0) is 9.59 Å². The summed E-state index contributed by atoms with van der Waals surface area (Å²) in [5.41, 5.74) is 1.10. The Kier molecular flexibility index (Phi) is 5.58. The van der Waals surface area contributed by atoms with Crippen LogP contribution < -0.4 is 14.8 Å². The number of hydrogen-bond acceptors (Lipinski definition) is 6. The van der Waals surface area contributed by atoms with Gasteiger partial charge in [0.15, 0.2) is 16.7 Å². The van der Waals surface area contributed by atoms with Gasteiger partial charge in [-0.1, -0.05) is 35.0 Å². The quantitative estimate of drug-likeness (QED) is 0.751. The van der Waals surface area contributed by atoms with Crippen LogP contribution in [0.25, 0.3) is 0 Å². The van der Waals surface area contributed by atoms with Crippen LogP contribution in [0, 0.1) is 0 Å². The molecule has 2 aromatic carbocycles. The first-order chi connectivity index (χ1) is 13.9. The van der Waals surface area contributed by atoms with Crippen LogP contribution >= 0.6 is 35.0 Å². The van der Waals surface area contributed by atoms with E-state index in [-0.39, 0.29) is 25.0 Å². The molecule has 29 heavy (non-hydrogen) atoms. The van der Waals surface area contributed by atoms with Crippen molar-refractivity contribution < 1.29 is 19.1 Å². The first-order valence-electron chi connectivity index (χ1n) is 8.58. The third-order valence-corrected chi connectivity index (χ3v) is 6.31. The van der Waals surface area contributed by atoms with Crippen molar-refractivity contribution in [2.75, 3.05) is 19.2 Å². The van der Waals surface area contributed by atoms with Gasteiger partial charge in [0.25, 0.3) is 0 Å². The van der Waals surface area contributed by atoms with Crippen LogP contribution in [0.1, 0.15) is 6.42 Å². The SMILES string of the molecule is CN1C(=O)CC(C(=O)Nc2ccc(Cl)c(Cl)c2)SC1=Nc1ccc2c(c1)OCO2. The molecule has 10 heteroatoms. The second-order valence-electron chi connectivity index (χ2n) is 6.31. The Bertz CT molecular complexity index is 1030. The highest BCUT2D eigenvalue weighted by Crippen LogP contribution is 2.36. The second-order valence-corrected chi connectivity index (χ2v) is 8.30. The minimum atomic E-state index is -0.624. The maximum absolute atomic E-state index is 12.7. The molecular formula is C19H15Cl2N3O4S. The highest BCUT2D eigenvalue weighted by Gasteiger charge is 2.34. The topological polar surface area (TPSA) is 80.2 Å². The molecule has 7 nitrogen and oxygen atoms in total. The average Bonchev–Trinajstić information content (AvgIpc) is 3.16. The summed E-state index contributed by atoms with van der Waals surface area (Å²) in [6, 6.07) is 10.1. The van der Waals surface area contributed by atoms with Crippen molar-refractivity contribution in [2.45, 2.75) is 11.7 Å². The van der Waals surface area contributed by atoms with E-state index in [0.29, 0.717) is 38.1 Å². The molecule has 150 valence electrons. The number of anilines is 1. The van der Waals surface area contributed by atoms with Crippen molar-refractivity contribution >= 4 is 63.3 Å². The zero-order chi connectivity index (χ0) is 20.5. The molecule has 0 bridgehead atoms. The molecular weight excluding hydrogens is 437 g/mol. The average molecular weight is 452 g/mol. The summed E-state index contributed by atoms with van der Waals surface area (Å²) in [5, 5.41) is 3.30. The fraction of sp³-hybridized carbons (Fsp3) is 0.211. The van der Waals surface area contributed by atoms with Gasteiger partial charge in [-0.25, -0.2) is 4.99 Å². The highest BCUT2D eigenvalue weighted by molar-refractivity contribution is 8.15. The number of fused-ring (bicyclic) bond motifs is 1. The van der Waals surface area contributed by atoms with Gasteiger partial charge in [-0.05, 0) is 30.3 Å². The molecule has 2 aromatic rings. The number of nitrogens with one attached hydrogen (secondary N) is 1. The van der Waals surface area contributed by atoms with Crippen molar-refractivity contribution in [1.82, 2.24) is 4.90 Å². The van der Waals surface area contributed by atoms with Gasteiger partial charge < -0.3 is 14.8 Å². The molecule has 4 rings (SSSR count). The number of rotatable bonds is 3. The predicted molar refractivity (Wildman–Crippen MR) is 114 cm³/mol. The smallest absolute Gasteiger partial charge is 0.238 e. The van der Waals surface area contributed by atoms with Crippen LogP contribution in [0.4, 0.5) is 11.4 Å². The lowest BCUT2D eigenvalue weighted by molar-refractivity contribution is -0.128. The van der Waals surface area contributed by atoms with Crippen LogP contribution in [-0.4, -0.2) is 41.0 Å². The van der Waals surface area contributed by atoms with Crippen molar-refractivity contribution in [3.63, 3.8) is 0 Å². The Morgan fingerprint density at radius 1 is 1.17 bits per heavy atom. The standard InChI is InChI=1S/C19H15Cl2N3O4S/c1-24-17(25)8-16(18(26)22-10-2-4-12(20)13(21)6-10)29-19(24)23-11-3-5-14-15(7-11)28-9-27-14/h2-7,16H,8-9H2,1H3,(H,22,26). The van der Waals surface area contributed by atoms with Gasteiger partial charge in [0.2, 0.25) is 18.6 Å². The first-order valence-corrected chi connectivity index (χ1v) is 10.2. The Hall–Kier alpha value is -2.42. The van der Waals surface area contributed by atoms with E-state index in [1.807, 2.05) is 0 Å². The van der Waals surface area contributed by atoms with E-state index in [1.165, 1.54) is 16.7 Å². The maximum atomic E-state index is 12.7. The number of nitrogens with zero attached hydrogens (tertiary/aromatic N) is 2. The van der Waals surface area contributed by atoms with Gasteiger partial charge in [0, 0.05) is 25.2 Å². The van der Waals surface area contributed by atoms with Crippen LogP contribution in [0.2, 0.25) is 10.0 Å². The lowest BCUT2D eigenvalue weighted by Gasteiger charge is -2.28. The maximum Gasteiger partial charge on any atom is 0.238 e. The van der Waals surface area contributed by atoms with Crippen molar-refractivity contribution in [2.24, 2.45) is 4.99 Å². The number of hydrogen-bond donors (Lipinski definition) is 1. The summed E-state index contributed by atoms with van der Waals surface area (Å²) < 4.78 is 10.6. The number of amidine groups is 1. The molecule has 2 heterocycles. The van der Waals surface area contributed by atoms with Crippen molar-refractivity contribution in [1.29, 1.82) is 0 Å². The number of halogens is 2. The summed E-state index contributed by atoms with van der Waals surface area (Å²) in [4.78, 5) is 31.1. The Balaban J connectivity index is 1.52. The van der Waals surface area contributed by atoms with Crippen LogP contribution in [0.3, 0.4) is 0 Å². The van der Waals surface area contributed by atoms with Crippen LogP contribution in [0.5, 0.6) is 11.5 Å². The zero-order valence-electron chi connectivity index (χ0n) is 15.1. The molecule has 0 aromatic heterocycles. The summed E-state index contributed by atoms with van der Waals surface area (Å²) in [6.45, 7) is 0.166. The van der Waals surface area contributed by atoms with Gasteiger partial charge in [0.05, 0.1) is 15.7 Å². The molecule has 2 aliphatic rings. The number of carbonyl (C=O) groups is 2. The van der Waals surface area contributed by atoms with Gasteiger partial charge in [-0.15, -0.1) is 0 Å². The third kappa shape index (κ3) is 4.29. The summed E-state index contributed by atoms with van der Waals surface area (Å²) in [7, 11) is 1.63. The molecule has 0 saturated carbocycles. The molecule has 1 atom stereocenters. The third-order valence-electron chi connectivity index (χ3n) is 4.33. The van der Waals surface area contributed by atoms with E-state index in [2.05, 4.69) is 10.3 Å². The second kappa shape index (κ2) is 8.14.